The molecule has 6 heteroatoms. The molecule has 2 rings (SSSR count). The maximum Gasteiger partial charge on any atom is 0.233 e. The van der Waals surface area contributed by atoms with Gasteiger partial charge in [0.2, 0.25) is 11.1 Å². The van der Waals surface area contributed by atoms with Crippen molar-refractivity contribution in [3.63, 3.8) is 0 Å². The summed E-state index contributed by atoms with van der Waals surface area (Å²) in [6.45, 7) is 3.38. The molecule has 2 heterocycles. The number of nitrogens with zero attached hydrogens (tertiary/aromatic N) is 3. The smallest absolute Gasteiger partial charge is 0.233 e. The number of nitrogens with two attached hydrogens (primary N) is 1. The molecule has 1 aromatic rings. The zero-order valence-corrected chi connectivity index (χ0v) is 8.92. The molecule has 5 nitrogen and oxygen atoms in total. The number of hydrogen-bond acceptors (Lipinski definition) is 6. The Labute approximate surface area is 86.7 Å². The van der Waals surface area contributed by atoms with E-state index in [0.29, 0.717) is 12.5 Å². The number of rotatable bonds is 1. The molecule has 0 amide bonds. The Balaban J connectivity index is 2.12. The Morgan fingerprint density at radius 3 is 3.00 bits per heavy atom. The van der Waals surface area contributed by atoms with Crippen LogP contribution in [0.1, 0.15) is 19.8 Å². The van der Waals surface area contributed by atoms with E-state index in [1.54, 1.807) is 0 Å². The van der Waals surface area contributed by atoms with Crippen molar-refractivity contribution in [2.24, 2.45) is 0 Å². The van der Waals surface area contributed by atoms with Crippen LogP contribution in [0.25, 0.3) is 0 Å². The van der Waals surface area contributed by atoms with Gasteiger partial charge < -0.3 is 15.7 Å². The fourth-order valence-corrected chi connectivity index (χ4v) is 2.36. The summed E-state index contributed by atoms with van der Waals surface area (Å²) in [5.41, 5.74) is 4.84. The van der Waals surface area contributed by atoms with Gasteiger partial charge in [-0.25, -0.2) is 0 Å². The molecule has 0 radical (unpaired) electrons. The highest BCUT2D eigenvalue weighted by atomic mass is 32.1. The minimum atomic E-state index is -0.612. The maximum absolute atomic E-state index is 9.90. The summed E-state index contributed by atoms with van der Waals surface area (Å²) in [7, 11) is 0. The zero-order chi connectivity index (χ0) is 10.2. The molecular weight excluding hydrogens is 200 g/mol. The highest BCUT2D eigenvalue weighted by Crippen LogP contribution is 2.26. The van der Waals surface area contributed by atoms with Crippen LogP contribution in [0.4, 0.5) is 11.1 Å². The molecule has 3 N–H and O–H groups in total. The Morgan fingerprint density at radius 1 is 1.64 bits per heavy atom. The number of aliphatic hydroxyl groups is 1. The van der Waals surface area contributed by atoms with Crippen molar-refractivity contribution in [2.45, 2.75) is 25.4 Å². The molecule has 1 unspecified atom stereocenters. The molecule has 1 aliphatic rings. The first-order valence-electron chi connectivity index (χ1n) is 4.63. The van der Waals surface area contributed by atoms with Crippen molar-refractivity contribution >= 4 is 22.6 Å². The van der Waals surface area contributed by atoms with Crippen molar-refractivity contribution in [3.8, 4) is 0 Å². The molecule has 1 aliphatic heterocycles. The van der Waals surface area contributed by atoms with E-state index in [1.807, 2.05) is 11.8 Å². The van der Waals surface area contributed by atoms with E-state index in [4.69, 9.17) is 5.73 Å². The normalized spacial score (nSPS) is 28.0. The summed E-state index contributed by atoms with van der Waals surface area (Å²) in [6, 6.07) is 0. The number of aromatic nitrogens is 2. The van der Waals surface area contributed by atoms with Crippen LogP contribution >= 0.6 is 11.5 Å². The van der Waals surface area contributed by atoms with Crippen LogP contribution in [0.15, 0.2) is 0 Å². The topological polar surface area (TPSA) is 75.3 Å². The van der Waals surface area contributed by atoms with E-state index in [9.17, 15) is 5.11 Å². The third-order valence-corrected chi connectivity index (χ3v) is 3.17. The molecule has 0 aliphatic carbocycles. The Bertz CT molecular complexity index is 325. The summed E-state index contributed by atoms with van der Waals surface area (Å²) in [6.07, 6.45) is 1.82. The molecule has 1 saturated heterocycles. The van der Waals surface area contributed by atoms with E-state index in [2.05, 4.69) is 9.36 Å². The first-order chi connectivity index (χ1) is 6.57. The van der Waals surface area contributed by atoms with Crippen LogP contribution in [-0.4, -0.2) is 33.2 Å². The van der Waals surface area contributed by atoms with Crippen LogP contribution in [0, 0.1) is 0 Å². The minimum absolute atomic E-state index is 0.315. The lowest BCUT2D eigenvalue weighted by Gasteiger charge is -2.36. The van der Waals surface area contributed by atoms with E-state index < -0.39 is 5.60 Å². The average Bonchev–Trinajstić information content (AvgIpc) is 2.50. The maximum atomic E-state index is 9.90. The van der Waals surface area contributed by atoms with Gasteiger partial charge in [-0.3, -0.25) is 0 Å². The standard InChI is InChI=1S/C8H14N4OS/c1-8(13)3-2-4-12(5-8)7-10-6(9)11-14-7/h13H,2-5H2,1H3,(H2,9,11). The molecular formula is C8H14N4OS. The van der Waals surface area contributed by atoms with E-state index in [0.717, 1.165) is 24.5 Å². The van der Waals surface area contributed by atoms with Gasteiger partial charge in [-0.2, -0.15) is 9.36 Å². The third-order valence-electron chi connectivity index (χ3n) is 2.38. The van der Waals surface area contributed by atoms with Crippen molar-refractivity contribution in [3.05, 3.63) is 0 Å². The molecule has 0 bridgehead atoms. The van der Waals surface area contributed by atoms with Crippen LogP contribution < -0.4 is 10.6 Å². The van der Waals surface area contributed by atoms with Crippen LogP contribution in [0.2, 0.25) is 0 Å². The van der Waals surface area contributed by atoms with Gasteiger partial charge in [0.05, 0.1) is 5.60 Å². The van der Waals surface area contributed by atoms with Crippen LogP contribution in [0.5, 0.6) is 0 Å². The molecule has 1 atom stereocenters. The summed E-state index contributed by atoms with van der Waals surface area (Å²) >= 11 is 1.29. The zero-order valence-electron chi connectivity index (χ0n) is 8.10. The number of anilines is 2. The Kier molecular flexibility index (Phi) is 2.32. The minimum Gasteiger partial charge on any atom is -0.388 e. The lowest BCUT2D eigenvalue weighted by Crippen LogP contribution is -2.46. The number of β-amino-alcohol motifs (C(OH)–C–C–N with tert-alkyl or cyclic N) is 1. The summed E-state index contributed by atoms with van der Waals surface area (Å²) < 4.78 is 3.92. The fraction of sp³-hybridized carbons (Fsp3) is 0.750. The summed E-state index contributed by atoms with van der Waals surface area (Å²) in [4.78, 5) is 6.14. The number of hydrogen-bond donors (Lipinski definition) is 2. The van der Waals surface area contributed by atoms with E-state index in [-0.39, 0.29) is 0 Å². The van der Waals surface area contributed by atoms with Gasteiger partial charge in [-0.1, -0.05) is 0 Å². The highest BCUT2D eigenvalue weighted by molar-refractivity contribution is 7.09. The van der Waals surface area contributed by atoms with Crippen LogP contribution in [0.3, 0.4) is 0 Å². The molecule has 0 spiro atoms. The molecule has 78 valence electrons. The van der Waals surface area contributed by atoms with Gasteiger partial charge >= 0.3 is 0 Å². The second-order valence-corrected chi connectivity index (χ2v) is 4.69. The molecule has 1 aromatic heterocycles. The molecule has 14 heavy (non-hydrogen) atoms. The van der Waals surface area contributed by atoms with Gasteiger partial charge in [0.1, 0.15) is 0 Å². The fourth-order valence-electron chi connectivity index (χ4n) is 1.74. The first-order valence-corrected chi connectivity index (χ1v) is 5.41. The van der Waals surface area contributed by atoms with E-state index >= 15 is 0 Å². The second-order valence-electron chi connectivity index (χ2n) is 3.96. The largest absolute Gasteiger partial charge is 0.388 e. The number of piperidine rings is 1. The van der Waals surface area contributed by atoms with Crippen LogP contribution in [-0.2, 0) is 0 Å². The molecule has 0 saturated carbocycles. The molecule has 0 aromatic carbocycles. The summed E-state index contributed by atoms with van der Waals surface area (Å²) in [5, 5.41) is 10.7. The van der Waals surface area contributed by atoms with Gasteiger partial charge in [0, 0.05) is 24.6 Å². The monoisotopic (exact) mass is 214 g/mol. The van der Waals surface area contributed by atoms with Crippen molar-refractivity contribution < 1.29 is 5.11 Å². The van der Waals surface area contributed by atoms with Crippen molar-refractivity contribution in [1.29, 1.82) is 0 Å². The third kappa shape index (κ3) is 1.96. The van der Waals surface area contributed by atoms with Gasteiger partial charge in [0.25, 0.3) is 0 Å². The second kappa shape index (κ2) is 3.36. The first kappa shape index (κ1) is 9.67. The van der Waals surface area contributed by atoms with E-state index in [1.165, 1.54) is 11.5 Å². The lowest BCUT2D eigenvalue weighted by atomic mass is 9.96. The Morgan fingerprint density at radius 2 is 2.43 bits per heavy atom. The van der Waals surface area contributed by atoms with Gasteiger partial charge in [0.15, 0.2) is 0 Å². The average molecular weight is 214 g/mol. The van der Waals surface area contributed by atoms with Gasteiger partial charge in [-0.15, -0.1) is 0 Å². The predicted octanol–water partition coefficient (Wildman–Crippen LogP) is 0.472. The SMILES string of the molecule is CC1(O)CCCN(c2nc(N)ns2)C1. The highest BCUT2D eigenvalue weighted by Gasteiger charge is 2.29. The summed E-state index contributed by atoms with van der Waals surface area (Å²) in [5.74, 6) is 0.315. The van der Waals surface area contributed by atoms with Crippen molar-refractivity contribution in [2.75, 3.05) is 23.7 Å². The molecule has 1 fully saturated rings. The van der Waals surface area contributed by atoms with Crippen molar-refractivity contribution in [1.82, 2.24) is 9.36 Å². The Hall–Kier alpha value is -0.880. The quantitative estimate of drug-likeness (QED) is 0.711. The predicted molar refractivity (Wildman–Crippen MR) is 56.4 cm³/mol. The number of nitrogen functional groups attached to an aromatic ring is 1. The van der Waals surface area contributed by atoms with Gasteiger partial charge in [-0.05, 0) is 19.8 Å². The lowest BCUT2D eigenvalue weighted by molar-refractivity contribution is 0.0449.